The van der Waals surface area contributed by atoms with E-state index in [9.17, 15) is 8.42 Å². The number of aromatic nitrogens is 1. The summed E-state index contributed by atoms with van der Waals surface area (Å²) in [7, 11) is -3.76. The zero-order valence-corrected chi connectivity index (χ0v) is 21.0. The first-order valence-corrected chi connectivity index (χ1v) is 12.7. The van der Waals surface area contributed by atoms with E-state index in [1.54, 1.807) is 24.4 Å². The van der Waals surface area contributed by atoms with E-state index in [4.69, 9.17) is 27.9 Å². The van der Waals surface area contributed by atoms with Gasteiger partial charge in [0.1, 0.15) is 6.61 Å². The minimum absolute atomic E-state index is 0.0516. The van der Waals surface area contributed by atoms with Gasteiger partial charge in [-0.3, -0.25) is 4.18 Å². The first kappa shape index (κ1) is 27.6. The smallest absolute Gasteiger partial charge is 0.297 e. The van der Waals surface area contributed by atoms with Gasteiger partial charge in [0.2, 0.25) is 5.88 Å². The monoisotopic (exact) mass is 547 g/mol. The molecule has 33 heavy (non-hydrogen) atoms. The Kier molecular flexibility index (Phi) is 13.5. The number of hydrogen-bond acceptors (Lipinski definition) is 9. The summed E-state index contributed by atoms with van der Waals surface area (Å²) in [6.07, 6.45) is 1.67. The van der Waals surface area contributed by atoms with Gasteiger partial charge in [-0.15, -0.1) is 0 Å². The minimum atomic E-state index is -3.76. The van der Waals surface area contributed by atoms with Crippen molar-refractivity contribution in [1.29, 1.82) is 0 Å². The maximum atomic E-state index is 12.0. The summed E-state index contributed by atoms with van der Waals surface area (Å²) in [5.74, 6) is 0.555. The Balaban J connectivity index is 1.33. The van der Waals surface area contributed by atoms with Crippen LogP contribution in [0.2, 0.25) is 0 Å². The Hall–Kier alpha value is -1.60. The summed E-state index contributed by atoms with van der Waals surface area (Å²) in [5.41, 5.74) is 0.979. The second-order valence-electron chi connectivity index (χ2n) is 6.70. The molecule has 1 aromatic heterocycles. The Morgan fingerprint density at radius 1 is 0.727 bits per heavy atom. The van der Waals surface area contributed by atoms with Gasteiger partial charge in [-0.2, -0.15) is 8.42 Å². The molecule has 0 fully saturated rings. The molecule has 0 saturated carbocycles. The third kappa shape index (κ3) is 12.4. The predicted octanol–water partition coefficient (Wildman–Crippen LogP) is 3.00. The maximum Gasteiger partial charge on any atom is 0.297 e. The van der Waals surface area contributed by atoms with Gasteiger partial charge in [-0.05, 0) is 41.1 Å². The normalized spacial score (nSPS) is 11.6. The molecular weight excluding hydrogens is 518 g/mol. The highest BCUT2D eigenvalue weighted by Gasteiger charge is 2.14. The largest absolute Gasteiger partial charge is 0.475 e. The lowest BCUT2D eigenvalue weighted by molar-refractivity contribution is -0.00693. The Morgan fingerprint density at radius 2 is 1.24 bits per heavy atom. The third-order valence-electron chi connectivity index (χ3n) is 4.07. The molecule has 2 aromatic rings. The maximum absolute atomic E-state index is 12.0. The third-order valence-corrected chi connectivity index (χ3v) is 5.87. The van der Waals surface area contributed by atoms with Crippen LogP contribution in [0.4, 0.5) is 0 Å². The number of hydrogen-bond donors (Lipinski definition) is 0. The number of aryl methyl sites for hydroxylation is 1. The second-order valence-corrected chi connectivity index (χ2v) is 9.23. The van der Waals surface area contributed by atoms with Crippen molar-refractivity contribution in [2.45, 2.75) is 11.8 Å². The fourth-order valence-electron chi connectivity index (χ4n) is 2.39. The second kappa shape index (κ2) is 16.1. The van der Waals surface area contributed by atoms with Crippen LogP contribution in [-0.2, 0) is 33.2 Å². The van der Waals surface area contributed by atoms with Crippen LogP contribution in [-0.4, -0.2) is 79.5 Å². The van der Waals surface area contributed by atoms with E-state index < -0.39 is 10.1 Å². The van der Waals surface area contributed by atoms with Crippen LogP contribution >= 0.6 is 15.9 Å². The molecule has 0 spiro atoms. The zero-order valence-electron chi connectivity index (χ0n) is 18.6. The van der Waals surface area contributed by atoms with Crippen molar-refractivity contribution in [1.82, 2.24) is 4.98 Å². The van der Waals surface area contributed by atoms with Crippen molar-refractivity contribution in [2.24, 2.45) is 0 Å². The van der Waals surface area contributed by atoms with Crippen molar-refractivity contribution in [3.8, 4) is 5.88 Å². The van der Waals surface area contributed by atoms with Gasteiger partial charge < -0.3 is 23.7 Å². The van der Waals surface area contributed by atoms with Crippen LogP contribution in [0.3, 0.4) is 0 Å². The van der Waals surface area contributed by atoms with Crippen molar-refractivity contribution in [2.75, 3.05) is 66.1 Å². The van der Waals surface area contributed by atoms with Gasteiger partial charge in [0.15, 0.2) is 0 Å². The van der Waals surface area contributed by atoms with E-state index in [2.05, 4.69) is 20.9 Å². The molecule has 0 saturated heterocycles. The standard InChI is InChI=1S/C22H30BrNO8S/c1-19-2-5-21(6-3-19)33(25,26)32-17-15-30-13-11-28-9-8-27-10-12-29-14-16-31-22-7-4-20(23)18-24-22/h2-7,18H,8-17H2,1H3. The summed E-state index contributed by atoms with van der Waals surface area (Å²) in [6, 6.07) is 10.1. The number of halogens is 1. The molecule has 0 atom stereocenters. The van der Waals surface area contributed by atoms with Gasteiger partial charge in [-0.25, -0.2) is 4.98 Å². The minimum Gasteiger partial charge on any atom is -0.475 e. The average Bonchev–Trinajstić information content (AvgIpc) is 2.80. The van der Waals surface area contributed by atoms with Crippen LogP contribution in [0.5, 0.6) is 5.88 Å². The molecule has 0 aliphatic carbocycles. The molecule has 1 heterocycles. The molecule has 0 aliphatic heterocycles. The first-order valence-electron chi connectivity index (χ1n) is 10.5. The molecular formula is C22H30BrNO8S. The highest BCUT2D eigenvalue weighted by molar-refractivity contribution is 9.10. The number of nitrogens with zero attached hydrogens (tertiary/aromatic N) is 1. The van der Waals surface area contributed by atoms with E-state index in [0.29, 0.717) is 58.7 Å². The van der Waals surface area contributed by atoms with E-state index in [-0.39, 0.29) is 18.1 Å². The van der Waals surface area contributed by atoms with Crippen LogP contribution in [0.1, 0.15) is 5.56 Å². The molecule has 9 nitrogen and oxygen atoms in total. The molecule has 0 aliphatic rings. The summed E-state index contributed by atoms with van der Waals surface area (Å²) >= 11 is 3.31. The van der Waals surface area contributed by atoms with Crippen molar-refractivity contribution in [3.05, 3.63) is 52.6 Å². The van der Waals surface area contributed by atoms with Crippen LogP contribution in [0, 0.1) is 6.92 Å². The summed E-state index contributed by atoms with van der Waals surface area (Å²) in [5, 5.41) is 0. The van der Waals surface area contributed by atoms with E-state index in [0.717, 1.165) is 10.0 Å². The molecule has 0 bridgehead atoms. The van der Waals surface area contributed by atoms with Gasteiger partial charge in [0.25, 0.3) is 10.1 Å². The quantitative estimate of drug-likeness (QED) is 0.206. The number of ether oxygens (including phenoxy) is 5. The molecule has 0 N–H and O–H groups in total. The van der Waals surface area contributed by atoms with Crippen molar-refractivity contribution >= 4 is 26.0 Å². The fraction of sp³-hybridized carbons (Fsp3) is 0.500. The predicted molar refractivity (Wildman–Crippen MR) is 125 cm³/mol. The lowest BCUT2D eigenvalue weighted by Gasteiger charge is -2.08. The van der Waals surface area contributed by atoms with Gasteiger partial charge in [-0.1, -0.05) is 17.7 Å². The summed E-state index contributed by atoms with van der Waals surface area (Å²) < 4.78 is 56.8. The van der Waals surface area contributed by atoms with Crippen molar-refractivity contribution < 1.29 is 36.3 Å². The average molecular weight is 548 g/mol. The molecule has 184 valence electrons. The van der Waals surface area contributed by atoms with Crippen molar-refractivity contribution in [3.63, 3.8) is 0 Å². The van der Waals surface area contributed by atoms with E-state index in [1.165, 1.54) is 12.1 Å². The summed E-state index contributed by atoms with van der Waals surface area (Å²) in [6.45, 7) is 5.38. The highest BCUT2D eigenvalue weighted by Crippen LogP contribution is 2.13. The molecule has 0 unspecified atom stereocenters. The van der Waals surface area contributed by atoms with Crippen LogP contribution < -0.4 is 4.74 Å². The Bertz CT molecular complexity index is 878. The Morgan fingerprint density at radius 3 is 1.76 bits per heavy atom. The highest BCUT2D eigenvalue weighted by atomic mass is 79.9. The Labute approximate surface area is 203 Å². The van der Waals surface area contributed by atoms with Crippen LogP contribution in [0.15, 0.2) is 52.0 Å². The molecule has 2 rings (SSSR count). The lowest BCUT2D eigenvalue weighted by atomic mass is 10.2. The molecule has 1 aromatic carbocycles. The number of benzene rings is 1. The van der Waals surface area contributed by atoms with Gasteiger partial charge >= 0.3 is 0 Å². The van der Waals surface area contributed by atoms with Gasteiger partial charge in [0.05, 0.1) is 64.4 Å². The van der Waals surface area contributed by atoms with Crippen LogP contribution in [0.25, 0.3) is 0 Å². The van der Waals surface area contributed by atoms with Gasteiger partial charge in [0, 0.05) is 16.7 Å². The fourth-order valence-corrected chi connectivity index (χ4v) is 3.52. The van der Waals surface area contributed by atoms with E-state index >= 15 is 0 Å². The first-order chi connectivity index (χ1) is 16.0. The van der Waals surface area contributed by atoms with E-state index in [1.807, 2.05) is 13.0 Å². The molecule has 11 heteroatoms. The molecule has 0 amide bonds. The number of pyridine rings is 1. The summed E-state index contributed by atoms with van der Waals surface area (Å²) in [4.78, 5) is 4.24. The number of rotatable bonds is 18. The molecule has 0 radical (unpaired) electrons. The lowest BCUT2D eigenvalue weighted by Crippen LogP contribution is -2.15. The zero-order chi connectivity index (χ0) is 23.8. The SMILES string of the molecule is Cc1ccc(S(=O)(=O)OCCOCCOCCOCCOCCOc2ccc(Br)cn2)cc1. The topological polar surface area (TPSA) is 102 Å².